The molecule has 1 N–H and O–H groups in total. The summed E-state index contributed by atoms with van der Waals surface area (Å²) in [6.07, 6.45) is 5.93. The lowest BCUT2D eigenvalue weighted by Gasteiger charge is -2.14. The molecule has 3 nitrogen and oxygen atoms in total. The van der Waals surface area contributed by atoms with E-state index in [0.717, 1.165) is 18.8 Å². The highest BCUT2D eigenvalue weighted by atomic mass is 15.0. The number of nitrogens with zero attached hydrogens (tertiary/aromatic N) is 2. The van der Waals surface area contributed by atoms with Crippen LogP contribution in [0.3, 0.4) is 0 Å². The zero-order valence-corrected chi connectivity index (χ0v) is 8.40. The lowest BCUT2D eigenvalue weighted by molar-refractivity contribution is 0.708. The fraction of sp³-hybridized carbons (Fsp3) is 0.455. The Kier molecular flexibility index (Phi) is 2.77. The second-order valence-electron chi connectivity index (χ2n) is 3.58. The number of nitrogens with one attached hydrogen (secondary N) is 1. The summed E-state index contributed by atoms with van der Waals surface area (Å²) in [4.78, 5) is 8.39. The van der Waals surface area contributed by atoms with Crippen LogP contribution in [0.4, 0.5) is 0 Å². The van der Waals surface area contributed by atoms with Gasteiger partial charge >= 0.3 is 0 Å². The third-order valence-corrected chi connectivity index (χ3v) is 2.46. The van der Waals surface area contributed by atoms with Crippen LogP contribution in [0.2, 0.25) is 0 Å². The van der Waals surface area contributed by atoms with Crippen molar-refractivity contribution in [3.63, 3.8) is 0 Å². The molecule has 0 aromatic carbocycles. The Hall–Kier alpha value is -1.38. The van der Waals surface area contributed by atoms with E-state index in [1.807, 2.05) is 24.5 Å². The molecule has 1 aromatic heterocycles. The first-order chi connectivity index (χ1) is 6.86. The lowest BCUT2D eigenvalue weighted by Crippen LogP contribution is -2.24. The highest BCUT2D eigenvalue weighted by Gasteiger charge is 2.10. The second kappa shape index (κ2) is 4.22. The average Bonchev–Trinajstić information content (AvgIpc) is 2.72. The van der Waals surface area contributed by atoms with Gasteiger partial charge in [-0.2, -0.15) is 0 Å². The molecule has 0 saturated heterocycles. The Balaban J connectivity index is 1.99. The summed E-state index contributed by atoms with van der Waals surface area (Å²) in [6.45, 7) is 3.13. The maximum absolute atomic E-state index is 4.39. The molecule has 0 spiro atoms. The maximum atomic E-state index is 4.39. The van der Waals surface area contributed by atoms with Crippen molar-refractivity contribution in [1.82, 2.24) is 10.3 Å². The highest BCUT2D eigenvalue weighted by Crippen LogP contribution is 2.12. The minimum atomic E-state index is 0.329. The van der Waals surface area contributed by atoms with Gasteiger partial charge < -0.3 is 5.32 Å². The zero-order valence-electron chi connectivity index (χ0n) is 8.40. The number of aromatic nitrogens is 1. The van der Waals surface area contributed by atoms with Gasteiger partial charge in [0.25, 0.3) is 0 Å². The van der Waals surface area contributed by atoms with Gasteiger partial charge in [0.05, 0.1) is 5.84 Å². The van der Waals surface area contributed by atoms with Crippen molar-refractivity contribution in [1.29, 1.82) is 0 Å². The second-order valence-corrected chi connectivity index (χ2v) is 3.58. The molecule has 2 rings (SSSR count). The molecule has 3 heteroatoms. The lowest BCUT2D eigenvalue weighted by atomic mass is 10.1. The van der Waals surface area contributed by atoms with Crippen LogP contribution < -0.4 is 5.32 Å². The van der Waals surface area contributed by atoms with Gasteiger partial charge in [-0.25, -0.2) is 0 Å². The number of hydrogen-bond donors (Lipinski definition) is 1. The van der Waals surface area contributed by atoms with E-state index < -0.39 is 0 Å². The quantitative estimate of drug-likeness (QED) is 0.771. The summed E-state index contributed by atoms with van der Waals surface area (Å²) in [5.41, 5.74) is 1.26. The fourth-order valence-corrected chi connectivity index (χ4v) is 1.64. The molecule has 0 bridgehead atoms. The van der Waals surface area contributed by atoms with Crippen LogP contribution in [0.1, 0.15) is 31.4 Å². The molecule has 0 radical (unpaired) electrons. The van der Waals surface area contributed by atoms with Gasteiger partial charge in [0.1, 0.15) is 0 Å². The Morgan fingerprint density at radius 3 is 2.79 bits per heavy atom. The normalized spacial score (nSPS) is 17.6. The molecule has 1 aromatic rings. The highest BCUT2D eigenvalue weighted by molar-refractivity contribution is 5.83. The molecule has 0 fully saturated rings. The van der Waals surface area contributed by atoms with E-state index >= 15 is 0 Å². The monoisotopic (exact) mass is 189 g/mol. The van der Waals surface area contributed by atoms with E-state index in [1.165, 1.54) is 12.0 Å². The smallest absolute Gasteiger partial charge is 0.0968 e. The summed E-state index contributed by atoms with van der Waals surface area (Å²) in [7, 11) is 0. The van der Waals surface area contributed by atoms with Crippen LogP contribution in [0.5, 0.6) is 0 Å². The van der Waals surface area contributed by atoms with Crippen LogP contribution in [-0.4, -0.2) is 17.4 Å². The summed E-state index contributed by atoms with van der Waals surface area (Å²) in [5, 5.41) is 3.42. The zero-order chi connectivity index (χ0) is 9.80. The number of hydrogen-bond acceptors (Lipinski definition) is 3. The first-order valence-corrected chi connectivity index (χ1v) is 5.06. The van der Waals surface area contributed by atoms with E-state index in [2.05, 4.69) is 22.2 Å². The standard InChI is InChI=1S/C11H15N3/c1-9(10-4-7-12-8-5-10)14-11-3-2-6-13-11/h4-5,7-9H,2-3,6H2,1H3,(H,13,14)/t9-/m0/s1. The van der Waals surface area contributed by atoms with E-state index in [1.54, 1.807) is 0 Å². The number of amidine groups is 1. The third kappa shape index (κ3) is 2.10. The fourth-order valence-electron chi connectivity index (χ4n) is 1.64. The van der Waals surface area contributed by atoms with Crippen LogP contribution in [0.15, 0.2) is 29.5 Å². The van der Waals surface area contributed by atoms with Crippen molar-refractivity contribution in [2.45, 2.75) is 25.8 Å². The molecular formula is C11H15N3. The average molecular weight is 189 g/mol. The predicted octanol–water partition coefficient (Wildman–Crippen LogP) is 1.92. The molecule has 14 heavy (non-hydrogen) atoms. The summed E-state index contributed by atoms with van der Waals surface area (Å²) < 4.78 is 0. The first kappa shape index (κ1) is 9.19. The Morgan fingerprint density at radius 2 is 2.14 bits per heavy atom. The minimum Gasteiger partial charge on any atom is -0.367 e. The van der Waals surface area contributed by atoms with Crippen molar-refractivity contribution in [2.24, 2.45) is 4.99 Å². The molecule has 1 aliphatic heterocycles. The third-order valence-electron chi connectivity index (χ3n) is 2.46. The molecule has 1 atom stereocenters. The minimum absolute atomic E-state index is 0.329. The van der Waals surface area contributed by atoms with E-state index in [9.17, 15) is 0 Å². The van der Waals surface area contributed by atoms with Crippen molar-refractivity contribution in [3.05, 3.63) is 30.1 Å². The van der Waals surface area contributed by atoms with Crippen LogP contribution in [0.25, 0.3) is 0 Å². The molecule has 0 saturated carbocycles. The van der Waals surface area contributed by atoms with E-state index in [4.69, 9.17) is 0 Å². The van der Waals surface area contributed by atoms with Gasteiger partial charge in [0.15, 0.2) is 0 Å². The van der Waals surface area contributed by atoms with Gasteiger partial charge in [-0.15, -0.1) is 0 Å². The Bertz CT molecular complexity index is 319. The Labute approximate surface area is 84.3 Å². The van der Waals surface area contributed by atoms with Crippen molar-refractivity contribution in [3.8, 4) is 0 Å². The molecule has 1 aliphatic rings. The Morgan fingerprint density at radius 1 is 1.36 bits per heavy atom. The largest absolute Gasteiger partial charge is 0.367 e. The van der Waals surface area contributed by atoms with Gasteiger partial charge in [0.2, 0.25) is 0 Å². The molecule has 0 aliphatic carbocycles. The van der Waals surface area contributed by atoms with Crippen molar-refractivity contribution in [2.75, 3.05) is 6.54 Å². The van der Waals surface area contributed by atoms with Crippen molar-refractivity contribution < 1.29 is 0 Å². The number of rotatable bonds is 2. The maximum Gasteiger partial charge on any atom is 0.0968 e. The van der Waals surface area contributed by atoms with Gasteiger partial charge in [-0.05, 0) is 31.0 Å². The van der Waals surface area contributed by atoms with Crippen LogP contribution in [-0.2, 0) is 0 Å². The summed E-state index contributed by atoms with van der Waals surface area (Å²) in [6, 6.07) is 4.40. The van der Waals surface area contributed by atoms with E-state index in [0.29, 0.717) is 6.04 Å². The van der Waals surface area contributed by atoms with Gasteiger partial charge in [-0.1, -0.05) is 0 Å². The molecule has 2 heterocycles. The SMILES string of the molecule is C[C@H](NC1=NCCC1)c1ccncc1. The summed E-state index contributed by atoms with van der Waals surface area (Å²) in [5.74, 6) is 1.15. The van der Waals surface area contributed by atoms with Crippen molar-refractivity contribution >= 4 is 5.84 Å². The van der Waals surface area contributed by atoms with Gasteiger partial charge in [0, 0.05) is 31.4 Å². The molecule has 74 valence electrons. The molecule has 0 amide bonds. The van der Waals surface area contributed by atoms with Crippen LogP contribution in [0, 0.1) is 0 Å². The molecule has 0 unspecified atom stereocenters. The first-order valence-electron chi connectivity index (χ1n) is 5.06. The van der Waals surface area contributed by atoms with Gasteiger partial charge in [-0.3, -0.25) is 9.98 Å². The van der Waals surface area contributed by atoms with E-state index in [-0.39, 0.29) is 0 Å². The molecular weight excluding hydrogens is 174 g/mol. The number of aliphatic imine (C=N–C) groups is 1. The summed E-state index contributed by atoms with van der Waals surface area (Å²) >= 11 is 0. The van der Waals surface area contributed by atoms with Crippen LogP contribution >= 0.6 is 0 Å². The topological polar surface area (TPSA) is 37.3 Å². The predicted molar refractivity (Wildman–Crippen MR) is 57.3 cm³/mol. The number of pyridine rings is 1.